The molecule has 1 saturated heterocycles. The number of carbonyl (C=O) groups is 1. The number of hydrogen-bond donors (Lipinski definition) is 2. The summed E-state index contributed by atoms with van der Waals surface area (Å²) in [5.41, 5.74) is 6.81. The molecule has 1 saturated carbocycles. The van der Waals surface area contributed by atoms with E-state index in [2.05, 4.69) is 5.32 Å². The van der Waals surface area contributed by atoms with Crippen LogP contribution in [0.4, 0.5) is 18.9 Å². The Hall–Kier alpha value is -2.48. The van der Waals surface area contributed by atoms with Crippen LogP contribution in [-0.4, -0.2) is 29.7 Å². The lowest BCUT2D eigenvalue weighted by Gasteiger charge is -2.25. The summed E-state index contributed by atoms with van der Waals surface area (Å²) in [5.74, 6) is 0.264. The minimum absolute atomic E-state index is 0.0455. The number of carbonyl (C=O) groups excluding carboxylic acids is 1. The Morgan fingerprint density at radius 1 is 1.12 bits per heavy atom. The molecule has 1 aromatic carbocycles. The average Bonchev–Trinajstić information content (AvgIpc) is 3.11. The maximum absolute atomic E-state index is 13.5. The minimum Gasteiger partial charge on any atom is -0.398 e. The van der Waals surface area contributed by atoms with E-state index in [4.69, 9.17) is 10.5 Å². The summed E-state index contributed by atoms with van der Waals surface area (Å²) in [6.45, 7) is 3.80. The molecule has 1 aromatic heterocycles. The van der Waals surface area contributed by atoms with Crippen molar-refractivity contribution in [3.63, 3.8) is 0 Å². The van der Waals surface area contributed by atoms with Crippen molar-refractivity contribution < 1.29 is 22.7 Å². The van der Waals surface area contributed by atoms with Gasteiger partial charge in [-0.1, -0.05) is 25.3 Å². The molecule has 4 rings (SSSR count). The van der Waals surface area contributed by atoms with Gasteiger partial charge in [-0.3, -0.25) is 4.79 Å². The molecule has 0 radical (unpaired) electrons. The second-order valence-corrected chi connectivity index (χ2v) is 9.30. The van der Waals surface area contributed by atoms with Crippen LogP contribution in [-0.2, 0) is 17.5 Å². The molecule has 2 fully saturated rings. The summed E-state index contributed by atoms with van der Waals surface area (Å²) in [6.07, 6.45) is 2.71. The molecule has 2 aromatic rings. The first kappa shape index (κ1) is 23.7. The molecular weight excluding hydrogens is 431 g/mol. The fraction of sp³-hybridized carbons (Fsp3) is 0.560. The van der Waals surface area contributed by atoms with Crippen molar-refractivity contribution >= 4 is 11.6 Å². The first-order valence-corrected chi connectivity index (χ1v) is 11.8. The van der Waals surface area contributed by atoms with Crippen LogP contribution in [0.3, 0.4) is 0 Å². The molecule has 0 unspecified atom stereocenters. The van der Waals surface area contributed by atoms with E-state index < -0.39 is 11.7 Å². The van der Waals surface area contributed by atoms with E-state index in [1.54, 1.807) is 12.1 Å². The van der Waals surface area contributed by atoms with Crippen LogP contribution in [0.5, 0.6) is 0 Å². The van der Waals surface area contributed by atoms with E-state index in [1.807, 2.05) is 11.5 Å². The number of halogens is 3. The third-order valence-corrected chi connectivity index (χ3v) is 6.99. The largest absolute Gasteiger partial charge is 0.418 e. The molecule has 0 atom stereocenters. The molecular formula is C25H32F3N3O2. The molecule has 5 nitrogen and oxygen atoms in total. The van der Waals surface area contributed by atoms with Crippen LogP contribution >= 0.6 is 0 Å². The van der Waals surface area contributed by atoms with Crippen molar-refractivity contribution in [1.82, 2.24) is 9.88 Å². The summed E-state index contributed by atoms with van der Waals surface area (Å²) < 4.78 is 48.0. The third kappa shape index (κ3) is 5.37. The van der Waals surface area contributed by atoms with Crippen molar-refractivity contribution in [2.24, 2.45) is 5.92 Å². The maximum atomic E-state index is 13.5. The van der Waals surface area contributed by atoms with Gasteiger partial charge in [0.1, 0.15) is 0 Å². The summed E-state index contributed by atoms with van der Waals surface area (Å²) in [4.78, 5) is 13.1. The molecule has 2 heterocycles. The highest BCUT2D eigenvalue weighted by molar-refractivity contribution is 5.97. The van der Waals surface area contributed by atoms with Gasteiger partial charge >= 0.3 is 6.18 Å². The van der Waals surface area contributed by atoms with Crippen LogP contribution in [0, 0.1) is 12.8 Å². The monoisotopic (exact) mass is 463 g/mol. The standard InChI is InChI=1S/C25H32F3N3O2/c1-16-20(24(32)30-19-9-11-33-12-10-19)14-23(31(16)15-17-5-3-2-4-6-17)18-7-8-22(29)21(13-18)25(26,27)28/h7-8,13-14,17,19H,2-6,9-12,15,29H2,1H3,(H,30,32). The quantitative estimate of drug-likeness (QED) is 0.571. The van der Waals surface area contributed by atoms with Gasteiger partial charge in [-0.25, -0.2) is 0 Å². The Morgan fingerprint density at radius 3 is 2.48 bits per heavy atom. The van der Waals surface area contributed by atoms with E-state index in [9.17, 15) is 18.0 Å². The maximum Gasteiger partial charge on any atom is 0.418 e. The highest BCUT2D eigenvalue weighted by atomic mass is 19.4. The predicted molar refractivity (Wildman–Crippen MR) is 122 cm³/mol. The smallest absolute Gasteiger partial charge is 0.398 e. The number of nitrogens with one attached hydrogen (secondary N) is 1. The SMILES string of the molecule is Cc1c(C(=O)NC2CCOCC2)cc(-c2ccc(N)c(C(F)(F)F)c2)n1CC1CCCCC1. The van der Waals surface area contributed by atoms with Crippen LogP contribution in [0.1, 0.15) is 66.6 Å². The van der Waals surface area contributed by atoms with Gasteiger partial charge in [0, 0.05) is 42.9 Å². The third-order valence-electron chi connectivity index (χ3n) is 6.99. The number of aromatic nitrogens is 1. The number of hydrogen-bond acceptors (Lipinski definition) is 3. The zero-order valence-corrected chi connectivity index (χ0v) is 19.0. The van der Waals surface area contributed by atoms with Gasteiger partial charge < -0.3 is 20.4 Å². The van der Waals surface area contributed by atoms with E-state index in [0.717, 1.165) is 50.3 Å². The predicted octanol–water partition coefficient (Wildman–Crippen LogP) is 5.55. The second kappa shape index (κ2) is 9.79. The highest BCUT2D eigenvalue weighted by Crippen LogP contribution is 2.38. The van der Waals surface area contributed by atoms with Crippen molar-refractivity contribution in [2.75, 3.05) is 18.9 Å². The van der Waals surface area contributed by atoms with Crippen LogP contribution in [0.2, 0.25) is 0 Å². The Morgan fingerprint density at radius 2 is 1.82 bits per heavy atom. The number of benzene rings is 1. The molecule has 8 heteroatoms. The summed E-state index contributed by atoms with van der Waals surface area (Å²) in [7, 11) is 0. The van der Waals surface area contributed by atoms with Crippen LogP contribution < -0.4 is 11.1 Å². The first-order valence-electron chi connectivity index (χ1n) is 11.8. The number of nitrogen functional groups attached to an aromatic ring is 1. The lowest BCUT2D eigenvalue weighted by atomic mass is 9.89. The van der Waals surface area contributed by atoms with Gasteiger partial charge in [0.15, 0.2) is 0 Å². The molecule has 180 valence electrons. The number of ether oxygens (including phenoxy) is 1. The van der Waals surface area contributed by atoms with E-state index >= 15 is 0 Å². The lowest BCUT2D eigenvalue weighted by Crippen LogP contribution is -2.39. The number of nitrogens with two attached hydrogens (primary N) is 1. The van der Waals surface area contributed by atoms with Crippen LogP contribution in [0.15, 0.2) is 24.3 Å². The molecule has 3 N–H and O–H groups in total. The molecule has 33 heavy (non-hydrogen) atoms. The Kier molecular flexibility index (Phi) is 7.02. The van der Waals surface area contributed by atoms with Gasteiger partial charge in [0.25, 0.3) is 5.91 Å². The van der Waals surface area contributed by atoms with Crippen molar-refractivity contribution in [3.05, 3.63) is 41.1 Å². The summed E-state index contributed by atoms with van der Waals surface area (Å²) in [5, 5.41) is 3.08. The number of alkyl halides is 3. The van der Waals surface area contributed by atoms with E-state index in [-0.39, 0.29) is 17.6 Å². The van der Waals surface area contributed by atoms with Gasteiger partial charge in [0.2, 0.25) is 0 Å². The summed E-state index contributed by atoms with van der Waals surface area (Å²) in [6, 6.07) is 5.79. The molecule has 0 bridgehead atoms. The fourth-order valence-corrected chi connectivity index (χ4v) is 5.04. The van der Waals surface area contributed by atoms with Crippen molar-refractivity contribution in [3.8, 4) is 11.3 Å². The molecule has 1 aliphatic heterocycles. The fourth-order valence-electron chi connectivity index (χ4n) is 5.04. The molecule has 1 amide bonds. The minimum atomic E-state index is -4.54. The highest BCUT2D eigenvalue weighted by Gasteiger charge is 2.34. The second-order valence-electron chi connectivity index (χ2n) is 9.30. The average molecular weight is 464 g/mol. The zero-order chi connectivity index (χ0) is 23.6. The van der Waals surface area contributed by atoms with Crippen LogP contribution in [0.25, 0.3) is 11.3 Å². The molecule has 1 aliphatic carbocycles. The van der Waals surface area contributed by atoms with Gasteiger partial charge in [0.05, 0.1) is 11.1 Å². The van der Waals surface area contributed by atoms with E-state index in [0.29, 0.717) is 42.5 Å². The van der Waals surface area contributed by atoms with E-state index in [1.165, 1.54) is 12.5 Å². The number of rotatable bonds is 5. The zero-order valence-electron chi connectivity index (χ0n) is 19.0. The Balaban J connectivity index is 1.71. The molecule has 2 aliphatic rings. The summed E-state index contributed by atoms with van der Waals surface area (Å²) >= 11 is 0. The Labute approximate surface area is 192 Å². The normalized spacial score (nSPS) is 18.4. The van der Waals surface area contributed by atoms with Gasteiger partial charge in [-0.15, -0.1) is 0 Å². The van der Waals surface area contributed by atoms with Crippen molar-refractivity contribution in [2.45, 2.75) is 70.6 Å². The molecule has 0 spiro atoms. The lowest BCUT2D eigenvalue weighted by molar-refractivity contribution is -0.136. The number of anilines is 1. The van der Waals surface area contributed by atoms with Gasteiger partial charge in [-0.05, 0) is 62.3 Å². The van der Waals surface area contributed by atoms with Gasteiger partial charge in [-0.2, -0.15) is 13.2 Å². The first-order chi connectivity index (χ1) is 15.7. The number of nitrogens with zero attached hydrogens (tertiary/aromatic N) is 1. The topological polar surface area (TPSA) is 69.3 Å². The van der Waals surface area contributed by atoms with Crippen molar-refractivity contribution in [1.29, 1.82) is 0 Å². The number of amides is 1. The Bertz CT molecular complexity index is 988.